The molecule has 0 rings (SSSR count). The van der Waals surface area contributed by atoms with E-state index in [1.807, 2.05) is 27.7 Å². The van der Waals surface area contributed by atoms with E-state index < -0.39 is 0 Å². The van der Waals surface area contributed by atoms with Gasteiger partial charge in [-0.2, -0.15) is 0 Å². The Morgan fingerprint density at radius 1 is 1.45 bits per heavy atom. The van der Waals surface area contributed by atoms with E-state index in [2.05, 4.69) is 6.08 Å². The lowest BCUT2D eigenvalue weighted by molar-refractivity contribution is -0.113. The molecule has 0 aliphatic heterocycles. The second-order valence-corrected chi connectivity index (χ2v) is 4.09. The molecule has 0 aliphatic carbocycles. The van der Waals surface area contributed by atoms with E-state index in [4.69, 9.17) is 0 Å². The first kappa shape index (κ1) is 10.8. The van der Waals surface area contributed by atoms with Crippen molar-refractivity contribution >= 4 is 16.9 Å². The smallest absolute Gasteiger partial charge is 0.191 e. The van der Waals surface area contributed by atoms with E-state index in [9.17, 15) is 4.79 Å². The van der Waals surface area contributed by atoms with Gasteiger partial charge in [0.2, 0.25) is 0 Å². The molecular formula is C9H16OS. The van der Waals surface area contributed by atoms with Crippen LogP contribution in [0.1, 0.15) is 27.7 Å². The Balaban J connectivity index is 3.56. The summed E-state index contributed by atoms with van der Waals surface area (Å²) in [6, 6.07) is 0. The van der Waals surface area contributed by atoms with Gasteiger partial charge in [0.15, 0.2) is 5.12 Å². The van der Waals surface area contributed by atoms with Gasteiger partial charge in [0, 0.05) is 11.7 Å². The lowest BCUT2D eigenvalue weighted by atomic mass is 10.3. The van der Waals surface area contributed by atoms with Gasteiger partial charge in [-0.1, -0.05) is 37.3 Å². The van der Waals surface area contributed by atoms with E-state index in [1.54, 1.807) is 0 Å². The van der Waals surface area contributed by atoms with Crippen LogP contribution in [0.2, 0.25) is 0 Å². The van der Waals surface area contributed by atoms with Gasteiger partial charge in [-0.15, -0.1) is 0 Å². The molecule has 0 N–H and O–H groups in total. The Bertz CT molecular complexity index is 155. The summed E-state index contributed by atoms with van der Waals surface area (Å²) < 4.78 is 0. The molecule has 0 saturated carbocycles. The SMILES string of the molecule is CC(C)=CCSC(=O)C(C)C. The summed E-state index contributed by atoms with van der Waals surface area (Å²) in [5.41, 5.74) is 1.27. The summed E-state index contributed by atoms with van der Waals surface area (Å²) in [5, 5.41) is 0.280. The first-order chi connectivity index (χ1) is 5.04. The molecule has 11 heavy (non-hydrogen) atoms. The van der Waals surface area contributed by atoms with Gasteiger partial charge in [-0.3, -0.25) is 4.79 Å². The summed E-state index contributed by atoms with van der Waals surface area (Å²) in [7, 11) is 0. The van der Waals surface area contributed by atoms with Crippen LogP contribution in [0.25, 0.3) is 0 Å². The molecule has 0 saturated heterocycles. The number of thioether (sulfide) groups is 1. The van der Waals surface area contributed by atoms with E-state index in [0.717, 1.165) is 5.75 Å². The molecular weight excluding hydrogens is 156 g/mol. The lowest BCUT2D eigenvalue weighted by Crippen LogP contribution is -2.01. The predicted octanol–water partition coefficient (Wildman–Crippen LogP) is 2.87. The van der Waals surface area contributed by atoms with E-state index in [0.29, 0.717) is 0 Å². The zero-order valence-corrected chi connectivity index (χ0v) is 8.49. The number of carbonyl (C=O) groups is 1. The summed E-state index contributed by atoms with van der Waals surface area (Å²) in [5.74, 6) is 0.977. The van der Waals surface area contributed by atoms with Crippen molar-refractivity contribution in [1.82, 2.24) is 0 Å². The third kappa shape index (κ3) is 6.17. The van der Waals surface area contributed by atoms with Crippen molar-refractivity contribution in [2.24, 2.45) is 5.92 Å². The Kier molecular flexibility index (Phi) is 5.30. The standard InChI is InChI=1S/C9H16OS/c1-7(2)5-6-11-9(10)8(3)4/h5,8H,6H2,1-4H3. The molecule has 2 heteroatoms. The maximum Gasteiger partial charge on any atom is 0.191 e. The van der Waals surface area contributed by atoms with Crippen LogP contribution in [0.4, 0.5) is 0 Å². The third-order valence-electron chi connectivity index (χ3n) is 1.19. The molecule has 0 spiro atoms. The molecule has 0 fully saturated rings. The second-order valence-electron chi connectivity index (χ2n) is 3.07. The van der Waals surface area contributed by atoms with Gasteiger partial charge >= 0.3 is 0 Å². The van der Waals surface area contributed by atoms with Crippen molar-refractivity contribution in [2.75, 3.05) is 5.75 Å². The minimum Gasteiger partial charge on any atom is -0.287 e. The van der Waals surface area contributed by atoms with Crippen LogP contribution >= 0.6 is 11.8 Å². The summed E-state index contributed by atoms with van der Waals surface area (Å²) in [6.45, 7) is 7.94. The highest BCUT2D eigenvalue weighted by Gasteiger charge is 2.05. The molecule has 64 valence electrons. The summed E-state index contributed by atoms with van der Waals surface area (Å²) in [6.07, 6.45) is 2.07. The molecule has 0 aromatic heterocycles. The van der Waals surface area contributed by atoms with Gasteiger partial charge in [0.1, 0.15) is 0 Å². The third-order valence-corrected chi connectivity index (χ3v) is 2.28. The molecule has 0 aliphatic rings. The average Bonchev–Trinajstić information content (AvgIpc) is 1.86. The molecule has 0 radical (unpaired) electrons. The van der Waals surface area contributed by atoms with Crippen molar-refractivity contribution in [3.05, 3.63) is 11.6 Å². The monoisotopic (exact) mass is 172 g/mol. The Labute approximate surface area is 73.3 Å². The lowest BCUT2D eigenvalue weighted by Gasteiger charge is -2.00. The zero-order chi connectivity index (χ0) is 8.85. The largest absolute Gasteiger partial charge is 0.287 e. The van der Waals surface area contributed by atoms with Crippen LogP contribution < -0.4 is 0 Å². The van der Waals surface area contributed by atoms with Crippen LogP contribution in [0, 0.1) is 5.92 Å². The van der Waals surface area contributed by atoms with Crippen LogP contribution in [0.15, 0.2) is 11.6 Å². The van der Waals surface area contributed by atoms with Crippen LogP contribution in [-0.2, 0) is 4.79 Å². The first-order valence-electron chi connectivity index (χ1n) is 3.84. The Morgan fingerprint density at radius 3 is 2.36 bits per heavy atom. The van der Waals surface area contributed by atoms with Crippen molar-refractivity contribution in [3.63, 3.8) is 0 Å². The highest BCUT2D eigenvalue weighted by atomic mass is 32.2. The normalized spacial score (nSPS) is 9.91. The average molecular weight is 172 g/mol. The molecule has 0 amide bonds. The van der Waals surface area contributed by atoms with E-state index >= 15 is 0 Å². The fraction of sp³-hybridized carbons (Fsp3) is 0.667. The van der Waals surface area contributed by atoms with Gasteiger partial charge in [-0.25, -0.2) is 0 Å². The molecule has 0 unspecified atom stereocenters. The van der Waals surface area contributed by atoms with Crippen molar-refractivity contribution in [2.45, 2.75) is 27.7 Å². The van der Waals surface area contributed by atoms with Gasteiger partial charge in [0.05, 0.1) is 0 Å². The molecule has 0 aromatic rings. The number of allylic oxidation sites excluding steroid dienone is 1. The van der Waals surface area contributed by atoms with Gasteiger partial charge in [-0.05, 0) is 13.8 Å². The Hall–Kier alpha value is -0.240. The van der Waals surface area contributed by atoms with E-state index in [-0.39, 0.29) is 11.0 Å². The summed E-state index contributed by atoms with van der Waals surface area (Å²) in [4.78, 5) is 11.1. The predicted molar refractivity (Wildman–Crippen MR) is 51.7 cm³/mol. The fourth-order valence-electron chi connectivity index (χ4n) is 0.457. The quantitative estimate of drug-likeness (QED) is 0.609. The van der Waals surface area contributed by atoms with Crippen molar-refractivity contribution < 1.29 is 4.79 Å². The topological polar surface area (TPSA) is 17.1 Å². The zero-order valence-electron chi connectivity index (χ0n) is 7.68. The van der Waals surface area contributed by atoms with Crippen LogP contribution in [0.3, 0.4) is 0 Å². The van der Waals surface area contributed by atoms with Gasteiger partial charge < -0.3 is 0 Å². The molecule has 1 nitrogen and oxygen atoms in total. The highest BCUT2D eigenvalue weighted by molar-refractivity contribution is 8.13. The first-order valence-corrected chi connectivity index (χ1v) is 4.82. The molecule has 0 bridgehead atoms. The number of rotatable bonds is 3. The van der Waals surface area contributed by atoms with Crippen molar-refractivity contribution in [1.29, 1.82) is 0 Å². The molecule has 0 aromatic carbocycles. The number of hydrogen-bond donors (Lipinski definition) is 0. The van der Waals surface area contributed by atoms with Crippen LogP contribution in [0.5, 0.6) is 0 Å². The maximum absolute atomic E-state index is 11.1. The molecule has 0 heterocycles. The van der Waals surface area contributed by atoms with E-state index in [1.165, 1.54) is 17.3 Å². The number of carbonyl (C=O) groups excluding carboxylic acids is 1. The minimum atomic E-state index is 0.158. The van der Waals surface area contributed by atoms with Crippen LogP contribution in [-0.4, -0.2) is 10.9 Å². The van der Waals surface area contributed by atoms with Crippen molar-refractivity contribution in [3.8, 4) is 0 Å². The summed E-state index contributed by atoms with van der Waals surface area (Å²) >= 11 is 1.40. The second kappa shape index (κ2) is 5.42. The maximum atomic E-state index is 11.1. The number of hydrogen-bond acceptors (Lipinski definition) is 2. The Morgan fingerprint density at radius 2 is 2.00 bits per heavy atom. The fourth-order valence-corrected chi connectivity index (χ4v) is 1.37. The highest BCUT2D eigenvalue weighted by Crippen LogP contribution is 2.10. The van der Waals surface area contributed by atoms with Gasteiger partial charge in [0.25, 0.3) is 0 Å². The molecule has 0 atom stereocenters. The minimum absolute atomic E-state index is 0.158.